The fraction of sp³-hybridized carbons (Fsp3) is 0.650. The van der Waals surface area contributed by atoms with E-state index in [0.717, 1.165) is 32.1 Å². The zero-order valence-corrected chi connectivity index (χ0v) is 15.2. The van der Waals surface area contributed by atoms with Crippen molar-refractivity contribution >= 4 is 17.6 Å². The second-order valence-electron chi connectivity index (χ2n) is 6.65. The van der Waals surface area contributed by atoms with E-state index in [4.69, 9.17) is 16.3 Å². The van der Waals surface area contributed by atoms with Crippen LogP contribution in [0, 0.1) is 11.8 Å². The Morgan fingerprint density at radius 3 is 2.67 bits per heavy atom. The number of hydrogen-bond donors (Lipinski definition) is 1. The summed E-state index contributed by atoms with van der Waals surface area (Å²) in [7, 11) is 0. The van der Waals surface area contributed by atoms with Crippen LogP contribution < -0.4 is 0 Å². The molecule has 1 saturated carbocycles. The number of carbonyl (C=O) groups excluding carboxylic acids is 1. The Hall–Kier alpha value is -1.06. The van der Waals surface area contributed by atoms with Gasteiger partial charge in [0, 0.05) is 18.3 Å². The lowest BCUT2D eigenvalue weighted by Gasteiger charge is -2.27. The lowest BCUT2D eigenvalue weighted by molar-refractivity contribution is -0.153. The lowest BCUT2D eigenvalue weighted by atomic mass is 9.88. The van der Waals surface area contributed by atoms with Crippen molar-refractivity contribution in [1.82, 2.24) is 0 Å². The number of rotatable bonds is 1. The number of carbonyl (C=O) groups is 1. The lowest BCUT2D eigenvalue weighted by Crippen LogP contribution is -2.31. The van der Waals surface area contributed by atoms with Gasteiger partial charge in [0.1, 0.15) is 6.10 Å². The average molecular weight is 353 g/mol. The number of cyclic esters (lactones) is 1. The van der Waals surface area contributed by atoms with Crippen LogP contribution in [0.5, 0.6) is 0 Å². The first kappa shape index (κ1) is 19.3. The summed E-state index contributed by atoms with van der Waals surface area (Å²) in [6.45, 7) is 2.02. The predicted molar refractivity (Wildman–Crippen MR) is 97.9 cm³/mol. The van der Waals surface area contributed by atoms with Gasteiger partial charge in [-0.15, -0.1) is 11.6 Å². The molecule has 2 aliphatic rings. The largest absolute Gasteiger partial charge is 0.462 e. The highest BCUT2D eigenvalue weighted by Gasteiger charge is 2.44. The number of fused-ring (bicyclic) bond motifs is 1. The highest BCUT2D eigenvalue weighted by atomic mass is 35.5. The van der Waals surface area contributed by atoms with Gasteiger partial charge in [0.15, 0.2) is 0 Å². The molecule has 134 valence electrons. The van der Waals surface area contributed by atoms with Crippen molar-refractivity contribution in [3.8, 4) is 0 Å². The third-order valence-corrected chi connectivity index (χ3v) is 5.34. The molecule has 0 saturated heterocycles. The molecule has 3 nitrogen and oxygen atoms in total. The van der Waals surface area contributed by atoms with Crippen molar-refractivity contribution < 1.29 is 14.6 Å². The molecule has 1 N–H and O–H groups in total. The van der Waals surface area contributed by atoms with E-state index in [-0.39, 0.29) is 29.3 Å². The first-order chi connectivity index (χ1) is 11.6. The Morgan fingerprint density at radius 1 is 1.21 bits per heavy atom. The molecule has 1 aliphatic heterocycles. The van der Waals surface area contributed by atoms with Crippen molar-refractivity contribution in [2.75, 3.05) is 0 Å². The van der Waals surface area contributed by atoms with E-state index in [2.05, 4.69) is 36.5 Å². The first-order valence-corrected chi connectivity index (χ1v) is 9.55. The van der Waals surface area contributed by atoms with E-state index < -0.39 is 6.10 Å². The number of allylic oxidation sites excluding steroid dienone is 5. The van der Waals surface area contributed by atoms with Gasteiger partial charge in [0.25, 0.3) is 0 Å². The number of alkyl halides is 1. The van der Waals surface area contributed by atoms with Gasteiger partial charge in [-0.1, -0.05) is 43.4 Å². The molecular formula is C20H29ClO3. The van der Waals surface area contributed by atoms with Gasteiger partial charge in [-0.05, 0) is 38.5 Å². The summed E-state index contributed by atoms with van der Waals surface area (Å²) in [5.41, 5.74) is 0. The first-order valence-electron chi connectivity index (χ1n) is 9.11. The highest BCUT2D eigenvalue weighted by molar-refractivity contribution is 6.21. The summed E-state index contributed by atoms with van der Waals surface area (Å²) in [6.07, 6.45) is 17.2. The van der Waals surface area contributed by atoms with Gasteiger partial charge >= 0.3 is 5.97 Å². The van der Waals surface area contributed by atoms with Crippen LogP contribution in [0.4, 0.5) is 0 Å². The van der Waals surface area contributed by atoms with Gasteiger partial charge in [-0.25, -0.2) is 0 Å². The third-order valence-electron chi connectivity index (χ3n) is 4.91. The van der Waals surface area contributed by atoms with E-state index in [1.807, 2.05) is 6.92 Å². The van der Waals surface area contributed by atoms with Crippen LogP contribution in [0.3, 0.4) is 0 Å². The van der Waals surface area contributed by atoms with E-state index in [9.17, 15) is 9.90 Å². The van der Waals surface area contributed by atoms with Crippen LogP contribution in [0.1, 0.15) is 51.9 Å². The Bertz CT molecular complexity index is 483. The highest BCUT2D eigenvalue weighted by Crippen LogP contribution is 2.40. The summed E-state index contributed by atoms with van der Waals surface area (Å²) in [5, 5.41) is 10.1. The molecule has 1 aliphatic carbocycles. The quantitative estimate of drug-likeness (QED) is 0.428. The fourth-order valence-electron chi connectivity index (χ4n) is 3.57. The molecular weight excluding hydrogens is 324 g/mol. The maximum Gasteiger partial charge on any atom is 0.306 e. The Morgan fingerprint density at radius 2 is 1.92 bits per heavy atom. The topological polar surface area (TPSA) is 46.5 Å². The second-order valence-corrected chi connectivity index (χ2v) is 7.22. The van der Waals surface area contributed by atoms with Crippen LogP contribution in [0.25, 0.3) is 0 Å². The third kappa shape index (κ3) is 5.49. The minimum absolute atomic E-state index is 0.0496. The molecule has 1 heterocycles. The number of ether oxygens (including phenoxy) is 1. The molecule has 5 unspecified atom stereocenters. The van der Waals surface area contributed by atoms with Crippen LogP contribution >= 0.6 is 11.6 Å². The van der Waals surface area contributed by atoms with Crippen LogP contribution in [-0.4, -0.2) is 28.7 Å². The van der Waals surface area contributed by atoms with Gasteiger partial charge < -0.3 is 9.84 Å². The zero-order valence-electron chi connectivity index (χ0n) is 14.4. The Labute approximate surface area is 150 Å². The molecule has 0 amide bonds. The minimum atomic E-state index is -0.577. The van der Waals surface area contributed by atoms with Crippen molar-refractivity contribution in [3.05, 3.63) is 36.5 Å². The maximum absolute atomic E-state index is 12.1. The SMILES string of the molecule is CCC1OC(=O)CCCC=CCC=CCC=CC2C(O)C(Cl)CC12. The molecule has 24 heavy (non-hydrogen) atoms. The molecule has 0 aromatic carbocycles. The summed E-state index contributed by atoms with van der Waals surface area (Å²) in [5.74, 6) is -0.103. The standard InChI is InChI=1S/C20H29ClO3/c1-2-18-16-14-17(21)20(23)15(16)12-10-8-6-4-3-5-7-9-11-13-19(22)24-18/h4-7,10,12,15-18,20,23H,2-3,8-9,11,13-14H2,1H3. The average Bonchev–Trinajstić information content (AvgIpc) is 2.84. The molecule has 4 heteroatoms. The maximum atomic E-state index is 12.1. The van der Waals surface area contributed by atoms with Crippen LogP contribution in [0.15, 0.2) is 36.5 Å². The summed E-state index contributed by atoms with van der Waals surface area (Å²) in [6, 6.07) is 0. The van der Waals surface area contributed by atoms with E-state index in [1.54, 1.807) is 0 Å². The summed E-state index contributed by atoms with van der Waals surface area (Å²) < 4.78 is 5.73. The van der Waals surface area contributed by atoms with Crippen molar-refractivity contribution in [2.24, 2.45) is 11.8 Å². The summed E-state index contributed by atoms with van der Waals surface area (Å²) >= 11 is 6.30. The smallest absolute Gasteiger partial charge is 0.306 e. The number of aliphatic hydroxyl groups is 1. The number of aliphatic hydroxyl groups excluding tert-OH is 1. The molecule has 0 bridgehead atoms. The Balaban J connectivity index is 2.14. The minimum Gasteiger partial charge on any atom is -0.462 e. The predicted octanol–water partition coefficient (Wildman–Crippen LogP) is 4.55. The molecule has 0 aromatic rings. The number of hydrogen-bond acceptors (Lipinski definition) is 3. The molecule has 0 radical (unpaired) electrons. The molecule has 0 aromatic heterocycles. The van der Waals surface area contributed by atoms with Gasteiger partial charge in [-0.3, -0.25) is 4.79 Å². The molecule has 1 fully saturated rings. The van der Waals surface area contributed by atoms with Crippen LogP contribution in [-0.2, 0) is 9.53 Å². The number of esters is 1. The van der Waals surface area contributed by atoms with Crippen molar-refractivity contribution in [1.29, 1.82) is 0 Å². The van der Waals surface area contributed by atoms with E-state index in [1.165, 1.54) is 0 Å². The molecule has 2 rings (SSSR count). The monoisotopic (exact) mass is 352 g/mol. The Kier molecular flexibility index (Phi) is 8.07. The second kappa shape index (κ2) is 10.0. The van der Waals surface area contributed by atoms with E-state index >= 15 is 0 Å². The summed E-state index contributed by atoms with van der Waals surface area (Å²) in [4.78, 5) is 12.1. The number of halogens is 1. The van der Waals surface area contributed by atoms with Crippen LogP contribution in [0.2, 0.25) is 0 Å². The van der Waals surface area contributed by atoms with E-state index in [0.29, 0.717) is 12.8 Å². The normalized spacial score (nSPS) is 35.6. The zero-order chi connectivity index (χ0) is 17.4. The van der Waals surface area contributed by atoms with Crippen molar-refractivity contribution in [2.45, 2.75) is 69.5 Å². The van der Waals surface area contributed by atoms with Gasteiger partial charge in [0.2, 0.25) is 0 Å². The fourth-order valence-corrected chi connectivity index (χ4v) is 3.95. The molecule has 0 spiro atoms. The van der Waals surface area contributed by atoms with Crippen molar-refractivity contribution in [3.63, 3.8) is 0 Å². The van der Waals surface area contributed by atoms with Gasteiger partial charge in [0.05, 0.1) is 11.5 Å². The molecule has 5 atom stereocenters. The van der Waals surface area contributed by atoms with Gasteiger partial charge in [-0.2, -0.15) is 0 Å².